The maximum atomic E-state index is 1.89. The Morgan fingerprint density at radius 2 is 1.50 bits per heavy atom. The molecule has 2 aliphatic rings. The number of fused-ring (bicyclic) bond motifs is 3. The first-order chi connectivity index (χ1) is 4.95. The summed E-state index contributed by atoms with van der Waals surface area (Å²) >= 11 is 0. The summed E-state index contributed by atoms with van der Waals surface area (Å²) in [5, 5.41) is 0. The van der Waals surface area contributed by atoms with Gasteiger partial charge in [0.2, 0.25) is 0 Å². The van der Waals surface area contributed by atoms with Gasteiger partial charge in [-0.1, -0.05) is 25.7 Å². The average Bonchev–Trinajstić information content (AvgIpc) is 2.17. The lowest BCUT2D eigenvalue weighted by atomic mass is 9.92. The van der Waals surface area contributed by atoms with E-state index in [9.17, 15) is 0 Å². The van der Waals surface area contributed by atoms with Crippen LogP contribution in [0.3, 0.4) is 0 Å². The lowest BCUT2D eigenvalue weighted by molar-refractivity contribution is 0.422. The maximum absolute atomic E-state index is 1.89. The summed E-state index contributed by atoms with van der Waals surface area (Å²) in [7, 11) is 0. The molecule has 0 aromatic heterocycles. The molecular weight excluding hydrogens is 120 g/mol. The fraction of sp³-hybridized carbons (Fsp3) is 0.900. The summed E-state index contributed by atoms with van der Waals surface area (Å²) in [6, 6.07) is 0. The smallest absolute Gasteiger partial charge is 0.0241 e. The average molecular weight is 137 g/mol. The third-order valence-electron chi connectivity index (χ3n) is 3.19. The standard InChI is InChI=1S/C10H17/c1-3-9-5-2-6-10(4-1)8-7-9/h9H,1-8H2. The second-order valence-corrected chi connectivity index (χ2v) is 3.94. The third kappa shape index (κ3) is 1.36. The predicted molar refractivity (Wildman–Crippen MR) is 43.7 cm³/mol. The van der Waals surface area contributed by atoms with Crippen molar-refractivity contribution in [3.05, 3.63) is 5.92 Å². The molecule has 0 unspecified atom stereocenters. The first-order valence-electron chi connectivity index (χ1n) is 4.79. The zero-order chi connectivity index (χ0) is 6.81. The highest BCUT2D eigenvalue weighted by Gasteiger charge is 2.22. The zero-order valence-corrected chi connectivity index (χ0v) is 6.73. The molecule has 0 atom stereocenters. The molecule has 0 aromatic rings. The third-order valence-corrected chi connectivity index (χ3v) is 3.19. The number of hydrogen-bond acceptors (Lipinski definition) is 0. The number of rotatable bonds is 0. The van der Waals surface area contributed by atoms with E-state index in [0.29, 0.717) is 0 Å². The molecule has 0 aliphatic heterocycles. The van der Waals surface area contributed by atoms with E-state index in [2.05, 4.69) is 0 Å². The summed E-state index contributed by atoms with van der Waals surface area (Å²) in [6.07, 6.45) is 12.0. The fourth-order valence-corrected chi connectivity index (χ4v) is 2.50. The summed E-state index contributed by atoms with van der Waals surface area (Å²) in [6.45, 7) is 0. The Morgan fingerprint density at radius 3 is 2.20 bits per heavy atom. The summed E-state index contributed by atoms with van der Waals surface area (Å²) in [5.74, 6) is 3.00. The molecule has 1 radical (unpaired) electrons. The van der Waals surface area contributed by atoms with Crippen molar-refractivity contribution in [2.24, 2.45) is 5.92 Å². The minimum absolute atomic E-state index is 1.11. The second kappa shape index (κ2) is 2.94. The Labute approximate surface area is 64.0 Å². The quantitative estimate of drug-likeness (QED) is 0.480. The van der Waals surface area contributed by atoms with Crippen LogP contribution in [0.2, 0.25) is 0 Å². The van der Waals surface area contributed by atoms with E-state index in [1.165, 1.54) is 51.4 Å². The first kappa shape index (κ1) is 6.69. The van der Waals surface area contributed by atoms with Crippen LogP contribution >= 0.6 is 0 Å². The van der Waals surface area contributed by atoms with Gasteiger partial charge in [-0.25, -0.2) is 0 Å². The van der Waals surface area contributed by atoms with E-state index in [-0.39, 0.29) is 0 Å². The van der Waals surface area contributed by atoms with Crippen molar-refractivity contribution in [1.29, 1.82) is 0 Å². The van der Waals surface area contributed by atoms with E-state index in [4.69, 9.17) is 0 Å². The van der Waals surface area contributed by atoms with E-state index in [1.54, 1.807) is 0 Å². The predicted octanol–water partition coefficient (Wildman–Crippen LogP) is 3.33. The Hall–Kier alpha value is 0. The molecule has 0 N–H and O–H groups in total. The lowest BCUT2D eigenvalue weighted by Crippen LogP contribution is -1.98. The molecule has 57 valence electrons. The highest BCUT2D eigenvalue weighted by molar-refractivity contribution is 4.94. The highest BCUT2D eigenvalue weighted by Crippen LogP contribution is 2.37. The molecule has 10 heavy (non-hydrogen) atoms. The lowest BCUT2D eigenvalue weighted by Gasteiger charge is -2.13. The normalized spacial score (nSPS) is 30.0. The first-order valence-corrected chi connectivity index (χ1v) is 4.79. The summed E-state index contributed by atoms with van der Waals surface area (Å²) < 4.78 is 0. The SMILES string of the molecule is C1C[C]2CCCC(C1)CC2. The second-order valence-electron chi connectivity index (χ2n) is 3.94. The van der Waals surface area contributed by atoms with Crippen molar-refractivity contribution in [2.45, 2.75) is 51.4 Å². The van der Waals surface area contributed by atoms with Crippen molar-refractivity contribution in [3.63, 3.8) is 0 Å². The van der Waals surface area contributed by atoms with Crippen LogP contribution in [0.15, 0.2) is 0 Å². The Balaban J connectivity index is 2.01. The van der Waals surface area contributed by atoms with Crippen molar-refractivity contribution < 1.29 is 0 Å². The van der Waals surface area contributed by atoms with Crippen LogP contribution in [0.25, 0.3) is 0 Å². The van der Waals surface area contributed by atoms with Crippen molar-refractivity contribution in [1.82, 2.24) is 0 Å². The molecule has 0 spiro atoms. The molecule has 2 rings (SSSR count). The van der Waals surface area contributed by atoms with Crippen LogP contribution < -0.4 is 0 Å². The van der Waals surface area contributed by atoms with Gasteiger partial charge >= 0.3 is 0 Å². The van der Waals surface area contributed by atoms with Crippen LogP contribution in [0.4, 0.5) is 0 Å². The molecule has 0 aromatic carbocycles. The van der Waals surface area contributed by atoms with Gasteiger partial charge in [0.05, 0.1) is 0 Å². The van der Waals surface area contributed by atoms with Gasteiger partial charge in [0.15, 0.2) is 0 Å². The van der Waals surface area contributed by atoms with Crippen LogP contribution in [0.1, 0.15) is 51.4 Å². The van der Waals surface area contributed by atoms with Gasteiger partial charge in [-0.15, -0.1) is 0 Å². The Kier molecular flexibility index (Phi) is 1.97. The van der Waals surface area contributed by atoms with Crippen molar-refractivity contribution in [2.75, 3.05) is 0 Å². The van der Waals surface area contributed by atoms with E-state index in [1.807, 2.05) is 5.92 Å². The van der Waals surface area contributed by atoms with Gasteiger partial charge in [-0.05, 0) is 37.5 Å². The maximum Gasteiger partial charge on any atom is -0.0241 e. The van der Waals surface area contributed by atoms with Crippen LogP contribution in [0, 0.1) is 11.8 Å². The van der Waals surface area contributed by atoms with Gasteiger partial charge in [0.25, 0.3) is 0 Å². The summed E-state index contributed by atoms with van der Waals surface area (Å²) in [4.78, 5) is 0. The molecule has 2 saturated carbocycles. The fourth-order valence-electron chi connectivity index (χ4n) is 2.50. The van der Waals surface area contributed by atoms with Crippen molar-refractivity contribution in [3.8, 4) is 0 Å². The zero-order valence-electron chi connectivity index (χ0n) is 6.73. The molecular formula is C10H17. The molecule has 0 heterocycles. The minimum atomic E-state index is 1.11. The van der Waals surface area contributed by atoms with Crippen LogP contribution in [0.5, 0.6) is 0 Å². The van der Waals surface area contributed by atoms with E-state index in [0.717, 1.165) is 5.92 Å². The van der Waals surface area contributed by atoms with Gasteiger partial charge in [0.1, 0.15) is 0 Å². The Bertz CT molecular complexity index is 84.6. The molecule has 0 heteroatoms. The number of hydrogen-bond donors (Lipinski definition) is 0. The molecule has 0 nitrogen and oxygen atoms in total. The molecule has 2 aliphatic carbocycles. The monoisotopic (exact) mass is 137 g/mol. The Morgan fingerprint density at radius 1 is 0.800 bits per heavy atom. The van der Waals surface area contributed by atoms with Crippen molar-refractivity contribution >= 4 is 0 Å². The molecule has 2 bridgehead atoms. The summed E-state index contributed by atoms with van der Waals surface area (Å²) in [5.41, 5.74) is 0. The van der Waals surface area contributed by atoms with Gasteiger partial charge in [-0.3, -0.25) is 0 Å². The minimum Gasteiger partial charge on any atom is -0.0525 e. The van der Waals surface area contributed by atoms with E-state index >= 15 is 0 Å². The van der Waals surface area contributed by atoms with Gasteiger partial charge in [-0.2, -0.15) is 0 Å². The topological polar surface area (TPSA) is 0 Å². The molecule has 0 amide bonds. The van der Waals surface area contributed by atoms with Crippen LogP contribution in [-0.2, 0) is 0 Å². The van der Waals surface area contributed by atoms with Gasteiger partial charge in [0, 0.05) is 0 Å². The largest absolute Gasteiger partial charge is 0.0525 e. The van der Waals surface area contributed by atoms with Crippen LogP contribution in [-0.4, -0.2) is 0 Å². The van der Waals surface area contributed by atoms with Gasteiger partial charge < -0.3 is 0 Å². The highest BCUT2D eigenvalue weighted by atomic mass is 14.3. The van der Waals surface area contributed by atoms with E-state index < -0.39 is 0 Å². The molecule has 2 fully saturated rings. The molecule has 0 saturated heterocycles.